The summed E-state index contributed by atoms with van der Waals surface area (Å²) in [5.74, 6) is 1.64. The van der Waals surface area contributed by atoms with Crippen molar-refractivity contribution in [3.63, 3.8) is 0 Å². The van der Waals surface area contributed by atoms with Crippen LogP contribution in [0.4, 0.5) is 5.95 Å². The standard InChI is InChI=1S/C13H15N5/c1-10-5-8-14-12(17-10)11-4-2-9-18(11)13-15-6-3-7-16-13/h3,5-8,11H,2,4,9H2,1H3/t11-/m0/s1. The monoisotopic (exact) mass is 241 g/mol. The fourth-order valence-corrected chi connectivity index (χ4v) is 2.34. The van der Waals surface area contributed by atoms with E-state index in [1.165, 1.54) is 0 Å². The van der Waals surface area contributed by atoms with Gasteiger partial charge in [0.1, 0.15) is 0 Å². The maximum atomic E-state index is 4.52. The lowest BCUT2D eigenvalue weighted by atomic mass is 10.2. The lowest BCUT2D eigenvalue weighted by molar-refractivity contribution is 0.650. The van der Waals surface area contributed by atoms with Crippen molar-refractivity contribution in [1.29, 1.82) is 0 Å². The Kier molecular flexibility index (Phi) is 2.88. The first-order valence-corrected chi connectivity index (χ1v) is 6.18. The Hall–Kier alpha value is -2.04. The van der Waals surface area contributed by atoms with E-state index < -0.39 is 0 Å². The molecule has 5 nitrogen and oxygen atoms in total. The summed E-state index contributed by atoms with van der Waals surface area (Å²) in [5.41, 5.74) is 1.00. The minimum Gasteiger partial charge on any atom is -0.331 e. The highest BCUT2D eigenvalue weighted by atomic mass is 15.3. The van der Waals surface area contributed by atoms with Crippen LogP contribution >= 0.6 is 0 Å². The number of hydrogen-bond donors (Lipinski definition) is 0. The van der Waals surface area contributed by atoms with E-state index in [0.717, 1.165) is 36.9 Å². The van der Waals surface area contributed by atoms with Gasteiger partial charge in [-0.2, -0.15) is 0 Å². The predicted octanol–water partition coefficient (Wildman–Crippen LogP) is 1.92. The molecule has 92 valence electrons. The molecule has 1 fully saturated rings. The van der Waals surface area contributed by atoms with Gasteiger partial charge in [-0.25, -0.2) is 19.9 Å². The van der Waals surface area contributed by atoms with Gasteiger partial charge in [0.2, 0.25) is 5.95 Å². The first kappa shape index (κ1) is 11.1. The third kappa shape index (κ3) is 2.03. The molecule has 18 heavy (non-hydrogen) atoms. The van der Waals surface area contributed by atoms with Crippen LogP contribution in [0.2, 0.25) is 0 Å². The zero-order valence-corrected chi connectivity index (χ0v) is 10.3. The third-order valence-electron chi connectivity index (χ3n) is 3.17. The minimum atomic E-state index is 0.201. The van der Waals surface area contributed by atoms with Crippen molar-refractivity contribution in [2.24, 2.45) is 0 Å². The zero-order chi connectivity index (χ0) is 12.4. The second kappa shape index (κ2) is 4.68. The fourth-order valence-electron chi connectivity index (χ4n) is 2.34. The summed E-state index contributed by atoms with van der Waals surface area (Å²) in [6, 6.07) is 3.95. The molecule has 0 spiro atoms. The SMILES string of the molecule is Cc1ccnc([C@@H]2CCCN2c2ncccn2)n1. The van der Waals surface area contributed by atoms with Crippen molar-refractivity contribution in [1.82, 2.24) is 19.9 Å². The third-order valence-corrected chi connectivity index (χ3v) is 3.17. The zero-order valence-electron chi connectivity index (χ0n) is 10.3. The maximum absolute atomic E-state index is 4.52. The van der Waals surface area contributed by atoms with Crippen LogP contribution in [-0.2, 0) is 0 Å². The van der Waals surface area contributed by atoms with E-state index in [0.29, 0.717) is 0 Å². The molecule has 1 saturated heterocycles. The Morgan fingerprint density at radius 1 is 1.17 bits per heavy atom. The summed E-state index contributed by atoms with van der Waals surface area (Å²) in [7, 11) is 0. The average Bonchev–Trinajstić information content (AvgIpc) is 2.89. The minimum absolute atomic E-state index is 0.201. The first-order valence-electron chi connectivity index (χ1n) is 6.18. The van der Waals surface area contributed by atoms with Crippen molar-refractivity contribution < 1.29 is 0 Å². The van der Waals surface area contributed by atoms with E-state index in [9.17, 15) is 0 Å². The summed E-state index contributed by atoms with van der Waals surface area (Å²) in [5, 5.41) is 0. The molecule has 0 aliphatic carbocycles. The van der Waals surface area contributed by atoms with Gasteiger partial charge in [0.05, 0.1) is 6.04 Å². The molecule has 0 saturated carbocycles. The van der Waals surface area contributed by atoms with Crippen molar-refractivity contribution in [2.45, 2.75) is 25.8 Å². The molecule has 0 bridgehead atoms. The normalized spacial score (nSPS) is 19.2. The number of aryl methyl sites for hydroxylation is 1. The van der Waals surface area contributed by atoms with Crippen molar-refractivity contribution in [2.75, 3.05) is 11.4 Å². The average molecular weight is 241 g/mol. The molecule has 1 atom stereocenters. The van der Waals surface area contributed by atoms with Gasteiger partial charge in [-0.15, -0.1) is 0 Å². The molecule has 1 aliphatic rings. The Bertz CT molecular complexity index is 528. The topological polar surface area (TPSA) is 54.8 Å². The summed E-state index contributed by atoms with van der Waals surface area (Å²) in [4.78, 5) is 19.7. The lowest BCUT2D eigenvalue weighted by Crippen LogP contribution is -2.26. The van der Waals surface area contributed by atoms with Crippen LogP contribution in [0.25, 0.3) is 0 Å². The van der Waals surface area contributed by atoms with E-state index in [1.807, 2.05) is 25.3 Å². The van der Waals surface area contributed by atoms with Gasteiger partial charge in [0, 0.05) is 30.8 Å². The Balaban J connectivity index is 1.92. The molecular weight excluding hydrogens is 226 g/mol. The van der Waals surface area contributed by atoms with Gasteiger partial charge < -0.3 is 4.90 Å². The Morgan fingerprint density at radius 2 is 2.00 bits per heavy atom. The van der Waals surface area contributed by atoms with Crippen LogP contribution in [-0.4, -0.2) is 26.5 Å². The quantitative estimate of drug-likeness (QED) is 0.804. The molecule has 0 aromatic carbocycles. The molecule has 0 N–H and O–H groups in total. The van der Waals surface area contributed by atoms with Crippen LogP contribution in [0.3, 0.4) is 0 Å². The van der Waals surface area contributed by atoms with Crippen molar-refractivity contribution >= 4 is 5.95 Å². The van der Waals surface area contributed by atoms with Gasteiger partial charge in [-0.05, 0) is 31.9 Å². The van der Waals surface area contributed by atoms with Crippen molar-refractivity contribution in [3.05, 3.63) is 42.2 Å². The number of anilines is 1. The van der Waals surface area contributed by atoms with Crippen LogP contribution in [0.5, 0.6) is 0 Å². The fraction of sp³-hybridized carbons (Fsp3) is 0.385. The van der Waals surface area contributed by atoms with E-state index in [4.69, 9.17) is 0 Å². The number of hydrogen-bond acceptors (Lipinski definition) is 5. The van der Waals surface area contributed by atoms with E-state index >= 15 is 0 Å². The highest BCUT2D eigenvalue weighted by Crippen LogP contribution is 2.32. The number of nitrogens with zero attached hydrogens (tertiary/aromatic N) is 5. The second-order valence-corrected chi connectivity index (χ2v) is 4.46. The summed E-state index contributed by atoms with van der Waals surface area (Å²) >= 11 is 0. The maximum Gasteiger partial charge on any atom is 0.225 e. The molecule has 2 aromatic rings. The number of rotatable bonds is 2. The van der Waals surface area contributed by atoms with E-state index in [1.54, 1.807) is 12.4 Å². The molecule has 1 aliphatic heterocycles. The van der Waals surface area contributed by atoms with Crippen LogP contribution in [0.15, 0.2) is 30.7 Å². The molecular formula is C13H15N5. The Labute approximate surface area is 106 Å². The van der Waals surface area contributed by atoms with Gasteiger partial charge in [-0.1, -0.05) is 0 Å². The van der Waals surface area contributed by atoms with Gasteiger partial charge in [0.25, 0.3) is 0 Å². The van der Waals surface area contributed by atoms with Crippen LogP contribution in [0, 0.1) is 6.92 Å². The summed E-state index contributed by atoms with van der Waals surface area (Å²) in [6.45, 7) is 2.95. The van der Waals surface area contributed by atoms with E-state index in [-0.39, 0.29) is 6.04 Å². The molecule has 2 aromatic heterocycles. The molecule has 0 radical (unpaired) electrons. The number of aromatic nitrogens is 4. The van der Waals surface area contributed by atoms with E-state index in [2.05, 4.69) is 24.8 Å². The largest absolute Gasteiger partial charge is 0.331 e. The molecule has 0 unspecified atom stereocenters. The second-order valence-electron chi connectivity index (χ2n) is 4.46. The summed E-state index contributed by atoms with van der Waals surface area (Å²) in [6.07, 6.45) is 7.55. The van der Waals surface area contributed by atoms with Gasteiger partial charge >= 0.3 is 0 Å². The van der Waals surface area contributed by atoms with Crippen molar-refractivity contribution in [3.8, 4) is 0 Å². The Morgan fingerprint density at radius 3 is 2.78 bits per heavy atom. The molecule has 3 heterocycles. The molecule has 5 heteroatoms. The molecule has 3 rings (SSSR count). The van der Waals surface area contributed by atoms with Crippen LogP contribution < -0.4 is 4.90 Å². The smallest absolute Gasteiger partial charge is 0.225 e. The first-order chi connectivity index (χ1) is 8.84. The van der Waals surface area contributed by atoms with Gasteiger partial charge in [-0.3, -0.25) is 0 Å². The van der Waals surface area contributed by atoms with Crippen LogP contribution in [0.1, 0.15) is 30.4 Å². The van der Waals surface area contributed by atoms with Gasteiger partial charge in [0.15, 0.2) is 5.82 Å². The summed E-state index contributed by atoms with van der Waals surface area (Å²) < 4.78 is 0. The molecule has 0 amide bonds. The highest BCUT2D eigenvalue weighted by molar-refractivity contribution is 5.34. The predicted molar refractivity (Wildman–Crippen MR) is 68.1 cm³/mol. The lowest BCUT2D eigenvalue weighted by Gasteiger charge is -2.23. The highest BCUT2D eigenvalue weighted by Gasteiger charge is 2.29.